The summed E-state index contributed by atoms with van der Waals surface area (Å²) >= 11 is 17.9. The summed E-state index contributed by atoms with van der Waals surface area (Å²) in [5.41, 5.74) is 2.86. The molecule has 190 valence electrons. The Bertz CT molecular complexity index is 705. The van der Waals surface area contributed by atoms with E-state index in [-0.39, 0.29) is 63.3 Å². The molecule has 1 aromatic carbocycles. The van der Waals surface area contributed by atoms with Crippen molar-refractivity contribution in [2.75, 3.05) is 0 Å². The van der Waals surface area contributed by atoms with Gasteiger partial charge in [-0.3, -0.25) is 6.29 Å². The van der Waals surface area contributed by atoms with Gasteiger partial charge in [-0.15, -0.1) is 12.5 Å². The Morgan fingerprint density at radius 1 is 1.21 bits per heavy atom. The zero-order chi connectivity index (χ0) is 26.4. The first-order chi connectivity index (χ1) is 15.4. The second-order valence-corrected chi connectivity index (χ2v) is 8.77. The molecule has 2 nitrogen and oxygen atoms in total. The van der Waals surface area contributed by atoms with E-state index in [4.69, 9.17) is 34.8 Å². The van der Waals surface area contributed by atoms with Gasteiger partial charge >= 0.3 is 51.4 Å². The quantitative estimate of drug-likeness (QED) is 0.151. The van der Waals surface area contributed by atoms with Crippen molar-refractivity contribution in [2.45, 2.75) is 79.7 Å². The van der Waals surface area contributed by atoms with Crippen LogP contribution in [0.1, 0.15) is 85.3 Å². The van der Waals surface area contributed by atoms with E-state index in [1.165, 1.54) is 5.57 Å². The molecule has 0 spiro atoms. The van der Waals surface area contributed by atoms with Gasteiger partial charge in [0.15, 0.2) is 0 Å². The first-order valence-electron chi connectivity index (χ1n) is 11.3. The summed E-state index contributed by atoms with van der Waals surface area (Å²) in [6.45, 7) is 26.5. The molecule has 0 aliphatic heterocycles. The minimum absolute atomic E-state index is 0. The van der Waals surface area contributed by atoms with E-state index in [9.17, 15) is 4.79 Å². The molecule has 1 aromatic rings. The molecule has 0 heterocycles. The molecule has 0 aliphatic rings. The molecule has 0 bridgehead atoms. The second-order valence-electron chi connectivity index (χ2n) is 7.52. The van der Waals surface area contributed by atoms with Crippen LogP contribution in [0.25, 0.3) is 0 Å². The number of hydrogen-bond acceptors (Lipinski definition) is 2. The Morgan fingerprint density at radius 2 is 1.74 bits per heavy atom. The van der Waals surface area contributed by atoms with Crippen molar-refractivity contribution in [2.24, 2.45) is 5.92 Å². The van der Waals surface area contributed by atoms with Gasteiger partial charge < -0.3 is 24.0 Å². The van der Waals surface area contributed by atoms with E-state index in [0.717, 1.165) is 37.7 Å². The summed E-state index contributed by atoms with van der Waals surface area (Å²) in [6, 6.07) is 5.43. The maximum atomic E-state index is 9.77. The van der Waals surface area contributed by atoms with E-state index >= 15 is 0 Å². The van der Waals surface area contributed by atoms with Gasteiger partial charge in [0.05, 0.1) is 11.1 Å². The van der Waals surface area contributed by atoms with Crippen LogP contribution in [0.3, 0.4) is 0 Å². The summed E-state index contributed by atoms with van der Waals surface area (Å²) < 4.78 is 0. The van der Waals surface area contributed by atoms with Crippen LogP contribution < -0.4 is 56.7 Å². The van der Waals surface area contributed by atoms with Crippen LogP contribution >= 0.6 is 34.8 Å². The zero-order valence-corrected chi connectivity index (χ0v) is 27.8. The molecule has 0 saturated carbocycles. The number of halogens is 3. The minimum Gasteiger partial charge on any atom is -0.542 e. The summed E-state index contributed by atoms with van der Waals surface area (Å²) in [6.07, 6.45) is 8.81. The number of allylic oxidation sites excluding steroid dienone is 3. The number of benzene rings is 1. The average Bonchev–Trinajstić information content (AvgIpc) is 2.74. The minimum atomic E-state index is 0. The summed E-state index contributed by atoms with van der Waals surface area (Å²) in [5.74, 6) is 0.144. The van der Waals surface area contributed by atoms with Crippen LogP contribution in [0, 0.1) is 19.8 Å². The van der Waals surface area contributed by atoms with Crippen molar-refractivity contribution in [1.29, 1.82) is 0 Å². The molecule has 0 saturated heterocycles. The van der Waals surface area contributed by atoms with Crippen LogP contribution in [0.5, 0.6) is 0 Å². The van der Waals surface area contributed by atoms with Crippen molar-refractivity contribution in [3.8, 4) is 0 Å². The fraction of sp³-hybridized carbons (Fsp3) is 0.464. The Hall–Kier alpha value is 0.416. The van der Waals surface area contributed by atoms with Gasteiger partial charge in [0.25, 0.3) is 0 Å². The Morgan fingerprint density at radius 3 is 2.03 bits per heavy atom. The SMILES string of the molecule is C=C(C)CC[CH2-].C=C(NC(C)c1ccc(Cl)cc1Cl)/C(Cl)=C\C.CCCC(C)[C-]=O.[CH2-]CC.[K+]. The standard InChI is InChI=1S/C13H14Cl3N.C6H11O.C6H11.C3H7.K/c1-4-12(15)9(3)17-8(2)11-6-5-10(14)7-13(11)16;1-3-4-6(2)5-7;1-4-5-6(2)3;1-3-2;/h4-8,17H,3H2,1-2H3;6H,3-4H2,1-2H3;1-2,4-5H2,3H3;1,3H2,2H3;/q;3*-1;+1/b12-4+;;;;. The molecule has 1 rings (SSSR count). The van der Waals surface area contributed by atoms with E-state index in [1.54, 1.807) is 18.2 Å². The molecular formula is C28H43Cl3KNO-2. The molecule has 0 fully saturated rings. The van der Waals surface area contributed by atoms with Gasteiger partial charge in [-0.25, -0.2) is 0 Å². The number of rotatable bonds is 9. The topological polar surface area (TPSA) is 29.1 Å². The Labute approximate surface area is 268 Å². The fourth-order valence-electron chi connectivity index (χ4n) is 2.23. The Balaban J connectivity index is -0.000000220. The molecule has 1 N–H and O–H groups in total. The van der Waals surface area contributed by atoms with E-state index in [0.29, 0.717) is 20.8 Å². The monoisotopic (exact) mass is 553 g/mol. The van der Waals surface area contributed by atoms with Crippen LogP contribution in [-0.4, -0.2) is 6.29 Å². The van der Waals surface area contributed by atoms with Crippen LogP contribution in [0.4, 0.5) is 0 Å². The molecule has 0 aromatic heterocycles. The predicted octanol–water partition coefficient (Wildman–Crippen LogP) is 7.24. The van der Waals surface area contributed by atoms with E-state index in [2.05, 4.69) is 39.2 Å². The van der Waals surface area contributed by atoms with Crippen LogP contribution in [0.15, 0.2) is 53.7 Å². The van der Waals surface area contributed by atoms with Gasteiger partial charge in [-0.2, -0.15) is 12.8 Å². The summed E-state index contributed by atoms with van der Waals surface area (Å²) in [7, 11) is 0. The second kappa shape index (κ2) is 28.0. The molecule has 0 amide bonds. The van der Waals surface area contributed by atoms with Crippen molar-refractivity contribution in [1.82, 2.24) is 5.32 Å². The van der Waals surface area contributed by atoms with Crippen molar-refractivity contribution in [3.63, 3.8) is 0 Å². The molecule has 2 unspecified atom stereocenters. The van der Waals surface area contributed by atoms with Gasteiger partial charge in [-0.05, 0) is 38.5 Å². The predicted molar refractivity (Wildman–Crippen MR) is 152 cm³/mol. The van der Waals surface area contributed by atoms with Crippen molar-refractivity contribution in [3.05, 3.63) is 83.2 Å². The van der Waals surface area contributed by atoms with Crippen LogP contribution in [-0.2, 0) is 4.79 Å². The maximum Gasteiger partial charge on any atom is 1.00 e. The van der Waals surface area contributed by atoms with Crippen molar-refractivity contribution >= 4 is 41.1 Å². The van der Waals surface area contributed by atoms with Gasteiger partial charge in [0, 0.05) is 15.7 Å². The molecule has 34 heavy (non-hydrogen) atoms. The maximum absolute atomic E-state index is 9.77. The fourth-order valence-corrected chi connectivity index (χ4v) is 2.86. The molecule has 6 heteroatoms. The normalized spacial score (nSPS) is 11.4. The summed E-state index contributed by atoms with van der Waals surface area (Å²) in [5, 5.41) is 5.03. The molecule has 0 aliphatic carbocycles. The molecular weight excluding hydrogens is 512 g/mol. The zero-order valence-electron chi connectivity index (χ0n) is 22.4. The van der Waals surface area contributed by atoms with Gasteiger partial charge in [-0.1, -0.05) is 99.1 Å². The first-order valence-corrected chi connectivity index (χ1v) is 12.4. The van der Waals surface area contributed by atoms with Gasteiger partial charge in [0.1, 0.15) is 0 Å². The Kier molecular flexibility index (Phi) is 34.2. The first kappa shape index (κ1) is 41.5. The smallest absolute Gasteiger partial charge is 0.542 e. The molecule has 2 atom stereocenters. The number of carbonyl (C=O) groups excluding carboxylic acids is 1. The van der Waals surface area contributed by atoms with Crippen LogP contribution in [0.2, 0.25) is 10.0 Å². The average molecular weight is 555 g/mol. The third-order valence-corrected chi connectivity index (χ3v) is 4.90. The third kappa shape index (κ3) is 25.5. The van der Waals surface area contributed by atoms with E-state index < -0.39 is 0 Å². The summed E-state index contributed by atoms with van der Waals surface area (Å²) in [4.78, 5) is 9.77. The largest absolute Gasteiger partial charge is 1.00 e. The van der Waals surface area contributed by atoms with Gasteiger partial charge in [0.2, 0.25) is 0 Å². The molecule has 0 radical (unpaired) electrons. The number of nitrogens with one attached hydrogen (secondary N) is 1. The van der Waals surface area contributed by atoms with E-state index in [1.807, 2.05) is 47.0 Å². The van der Waals surface area contributed by atoms with Crippen molar-refractivity contribution < 1.29 is 56.2 Å². The number of hydrogen-bond donors (Lipinski definition) is 1. The third-order valence-electron chi connectivity index (χ3n) is 3.89.